The fraction of sp³-hybridized carbons (Fsp3) is 0.360. The number of aromatic carboxylic acids is 1. The van der Waals surface area contributed by atoms with E-state index in [1.54, 1.807) is 31.2 Å². The van der Waals surface area contributed by atoms with Gasteiger partial charge in [0.2, 0.25) is 0 Å². The number of ketones is 1. The fourth-order valence-corrected chi connectivity index (χ4v) is 2.97. The van der Waals surface area contributed by atoms with Crippen LogP contribution >= 0.6 is 0 Å². The highest BCUT2D eigenvalue weighted by atomic mass is 16.5. The number of rotatable bonds is 10. The van der Waals surface area contributed by atoms with Crippen molar-refractivity contribution in [1.82, 2.24) is 0 Å². The van der Waals surface area contributed by atoms with E-state index in [2.05, 4.69) is 0 Å². The Bertz CT molecular complexity index is 1000. The highest BCUT2D eigenvalue weighted by Gasteiger charge is 2.21. The first-order chi connectivity index (χ1) is 15.0. The number of Topliss-reactive ketones (excluding diaryl/α,β-unsaturated/α-hetero) is 1. The van der Waals surface area contributed by atoms with Crippen molar-refractivity contribution in [2.45, 2.75) is 34.1 Å². The molecule has 0 bridgehead atoms. The van der Waals surface area contributed by atoms with Crippen LogP contribution in [0.2, 0.25) is 0 Å². The summed E-state index contributed by atoms with van der Waals surface area (Å²) in [7, 11) is 1.48. The van der Waals surface area contributed by atoms with Gasteiger partial charge in [-0.05, 0) is 54.8 Å². The molecule has 0 aliphatic rings. The Labute approximate surface area is 188 Å². The van der Waals surface area contributed by atoms with Crippen LogP contribution in [0.3, 0.4) is 0 Å². The lowest BCUT2D eigenvalue weighted by atomic mass is 9.87. The van der Waals surface area contributed by atoms with Crippen molar-refractivity contribution in [3.05, 3.63) is 59.2 Å². The highest BCUT2D eigenvalue weighted by Crippen LogP contribution is 2.33. The van der Waals surface area contributed by atoms with Crippen molar-refractivity contribution in [2.75, 3.05) is 20.3 Å². The average Bonchev–Trinajstić information content (AvgIpc) is 2.71. The monoisotopic (exact) mass is 442 g/mol. The molecule has 7 nitrogen and oxygen atoms in total. The largest absolute Gasteiger partial charge is 0.507 e. The Morgan fingerprint density at radius 2 is 1.56 bits per heavy atom. The predicted octanol–water partition coefficient (Wildman–Crippen LogP) is 5.04. The second-order valence-electron chi connectivity index (χ2n) is 8.51. The third-order valence-electron chi connectivity index (χ3n) is 4.62. The van der Waals surface area contributed by atoms with E-state index in [4.69, 9.17) is 19.3 Å². The highest BCUT2D eigenvalue weighted by molar-refractivity contribution is 5.99. The zero-order chi connectivity index (χ0) is 23.9. The summed E-state index contributed by atoms with van der Waals surface area (Å²) in [6.45, 7) is 8.04. The molecule has 0 unspecified atom stereocenters. The summed E-state index contributed by atoms with van der Waals surface area (Å²) in [4.78, 5) is 23.5. The first-order valence-corrected chi connectivity index (χ1v) is 10.2. The molecule has 0 heterocycles. The van der Waals surface area contributed by atoms with Gasteiger partial charge >= 0.3 is 5.97 Å². The van der Waals surface area contributed by atoms with Crippen molar-refractivity contribution >= 4 is 11.8 Å². The van der Waals surface area contributed by atoms with Gasteiger partial charge in [-0.1, -0.05) is 20.8 Å². The number of hydrogen-bond donors (Lipinski definition) is 2. The molecule has 0 aromatic heterocycles. The van der Waals surface area contributed by atoms with E-state index >= 15 is 0 Å². The predicted molar refractivity (Wildman–Crippen MR) is 121 cm³/mol. The van der Waals surface area contributed by atoms with Gasteiger partial charge in [-0.2, -0.15) is 0 Å². The van der Waals surface area contributed by atoms with E-state index in [0.717, 1.165) is 0 Å². The first kappa shape index (κ1) is 24.8. The number of ether oxygens (including phenoxy) is 3. The van der Waals surface area contributed by atoms with Crippen molar-refractivity contribution in [2.24, 2.45) is 5.41 Å². The first-order valence-electron chi connectivity index (χ1n) is 10.2. The van der Waals surface area contributed by atoms with Gasteiger partial charge in [-0.25, -0.2) is 4.79 Å². The summed E-state index contributed by atoms with van der Waals surface area (Å²) >= 11 is 0. The number of carbonyl (C=O) groups excluding carboxylic acids is 1. The smallest absolute Gasteiger partial charge is 0.335 e. The number of phenols is 1. The van der Waals surface area contributed by atoms with Crippen LogP contribution in [0.15, 0.2) is 42.5 Å². The van der Waals surface area contributed by atoms with Gasteiger partial charge in [0.1, 0.15) is 24.7 Å². The maximum Gasteiger partial charge on any atom is 0.335 e. The third-order valence-corrected chi connectivity index (χ3v) is 4.62. The van der Waals surface area contributed by atoms with Gasteiger partial charge in [0, 0.05) is 12.0 Å². The summed E-state index contributed by atoms with van der Waals surface area (Å²) < 4.78 is 16.5. The summed E-state index contributed by atoms with van der Waals surface area (Å²) in [6.07, 6.45) is 3.80. The lowest BCUT2D eigenvalue weighted by molar-refractivity contribution is 0.0696. The molecule has 2 N–H and O–H groups in total. The standard InChI is InChI=1S/C25H30O7/c1-16-20(11-9-18(23(16)27)19(26)15-25(2,3)4)31-12-6-7-13-32-22-14-17(24(28)29)8-10-21(22)30-5/h6-11,14,27H,12-13,15H2,1-5H3,(H,28,29). The molecule has 0 radical (unpaired) electrons. The van der Waals surface area contributed by atoms with E-state index in [-0.39, 0.29) is 35.7 Å². The van der Waals surface area contributed by atoms with Crippen LogP contribution in [-0.4, -0.2) is 42.3 Å². The second-order valence-corrected chi connectivity index (χ2v) is 8.51. The molecular weight excluding hydrogens is 412 g/mol. The number of methoxy groups -OCH3 is 1. The van der Waals surface area contributed by atoms with Crippen LogP contribution in [0.25, 0.3) is 0 Å². The van der Waals surface area contributed by atoms with Gasteiger partial charge in [-0.15, -0.1) is 0 Å². The lowest BCUT2D eigenvalue weighted by Gasteiger charge is -2.18. The SMILES string of the molecule is COc1ccc(C(=O)O)cc1OCC=CCOc1ccc(C(=O)CC(C)(C)C)c(O)c1C. The molecule has 7 heteroatoms. The minimum atomic E-state index is -1.05. The van der Waals surface area contributed by atoms with Crippen molar-refractivity contribution in [3.63, 3.8) is 0 Å². The zero-order valence-electron chi connectivity index (χ0n) is 19.1. The molecule has 2 rings (SSSR count). The number of aromatic hydroxyl groups is 1. The van der Waals surface area contributed by atoms with Gasteiger partial charge in [0.25, 0.3) is 0 Å². The number of carboxylic acids is 1. The van der Waals surface area contributed by atoms with Crippen LogP contribution in [0.4, 0.5) is 0 Å². The number of hydrogen-bond acceptors (Lipinski definition) is 6. The maximum absolute atomic E-state index is 12.4. The maximum atomic E-state index is 12.4. The molecule has 0 aliphatic heterocycles. The quantitative estimate of drug-likeness (QED) is 0.392. The van der Waals surface area contributed by atoms with Gasteiger partial charge in [0.15, 0.2) is 17.3 Å². The van der Waals surface area contributed by atoms with E-state index in [0.29, 0.717) is 34.8 Å². The van der Waals surface area contributed by atoms with Gasteiger partial charge in [0.05, 0.1) is 18.2 Å². The van der Waals surface area contributed by atoms with E-state index in [1.165, 1.54) is 25.3 Å². The van der Waals surface area contributed by atoms with Crippen LogP contribution in [0.1, 0.15) is 53.5 Å². The third kappa shape index (κ3) is 6.77. The fourth-order valence-electron chi connectivity index (χ4n) is 2.97. The Hall–Kier alpha value is -3.48. The Kier molecular flexibility index (Phi) is 8.29. The van der Waals surface area contributed by atoms with Crippen molar-refractivity contribution in [1.29, 1.82) is 0 Å². The van der Waals surface area contributed by atoms with Gasteiger partial charge < -0.3 is 24.4 Å². The van der Waals surface area contributed by atoms with Crippen LogP contribution in [-0.2, 0) is 0 Å². The molecule has 172 valence electrons. The van der Waals surface area contributed by atoms with Gasteiger partial charge in [-0.3, -0.25) is 4.79 Å². The molecule has 2 aromatic carbocycles. The summed E-state index contributed by atoms with van der Waals surface area (Å²) in [5, 5.41) is 19.5. The van der Waals surface area contributed by atoms with Crippen LogP contribution < -0.4 is 14.2 Å². The molecule has 0 fully saturated rings. The van der Waals surface area contributed by atoms with Crippen LogP contribution in [0.5, 0.6) is 23.0 Å². The molecule has 2 aromatic rings. The number of carbonyl (C=O) groups is 2. The molecule has 0 atom stereocenters. The molecule has 32 heavy (non-hydrogen) atoms. The van der Waals surface area contributed by atoms with E-state index in [9.17, 15) is 14.7 Å². The molecule has 0 spiro atoms. The Morgan fingerprint density at radius 3 is 2.12 bits per heavy atom. The Morgan fingerprint density at radius 1 is 0.969 bits per heavy atom. The number of benzene rings is 2. The molecular formula is C25H30O7. The zero-order valence-corrected chi connectivity index (χ0v) is 19.1. The second kappa shape index (κ2) is 10.7. The van der Waals surface area contributed by atoms with Crippen LogP contribution in [0, 0.1) is 12.3 Å². The molecule has 0 amide bonds. The minimum absolute atomic E-state index is 0.0607. The minimum Gasteiger partial charge on any atom is -0.507 e. The summed E-state index contributed by atoms with van der Waals surface area (Å²) in [6, 6.07) is 7.65. The molecule has 0 saturated carbocycles. The van der Waals surface area contributed by atoms with Crippen molar-refractivity contribution in [3.8, 4) is 23.0 Å². The average molecular weight is 443 g/mol. The lowest BCUT2D eigenvalue weighted by Crippen LogP contribution is -2.13. The van der Waals surface area contributed by atoms with E-state index in [1.807, 2.05) is 20.8 Å². The molecule has 0 aliphatic carbocycles. The normalized spacial score (nSPS) is 11.4. The van der Waals surface area contributed by atoms with Crippen molar-refractivity contribution < 1.29 is 34.0 Å². The topological polar surface area (TPSA) is 102 Å². The molecule has 0 saturated heterocycles. The number of phenolic OH excluding ortho intramolecular Hbond substituents is 1. The summed E-state index contributed by atoms with van der Waals surface area (Å²) in [5.41, 5.74) is 0.738. The summed E-state index contributed by atoms with van der Waals surface area (Å²) in [5.74, 6) is 0.0297. The van der Waals surface area contributed by atoms with E-state index < -0.39 is 5.97 Å². The number of carboxylic acid groups (broad SMARTS) is 1. The Balaban J connectivity index is 1.94.